The van der Waals surface area contributed by atoms with Gasteiger partial charge in [0.1, 0.15) is 0 Å². The summed E-state index contributed by atoms with van der Waals surface area (Å²) in [4.78, 5) is 14.6. The number of rotatable bonds is 4. The highest BCUT2D eigenvalue weighted by Gasteiger charge is 2.10. The average molecular weight is 302 g/mol. The number of aromatic amines is 1. The lowest BCUT2D eigenvalue weighted by Gasteiger charge is -2.00. The summed E-state index contributed by atoms with van der Waals surface area (Å²) < 4.78 is 0. The second-order valence-corrected chi connectivity index (χ2v) is 5.46. The van der Waals surface area contributed by atoms with Crippen LogP contribution in [0.2, 0.25) is 0 Å². The van der Waals surface area contributed by atoms with Crippen molar-refractivity contribution in [1.29, 1.82) is 0 Å². The summed E-state index contributed by atoms with van der Waals surface area (Å²) in [5, 5.41) is 0. The minimum absolute atomic E-state index is 0.412. The first kappa shape index (κ1) is 14.9. The first-order valence-electron chi connectivity index (χ1n) is 7.46. The Labute approximate surface area is 135 Å². The molecule has 0 fully saturated rings. The minimum atomic E-state index is -0.412. The molecule has 1 aromatic heterocycles. The summed E-state index contributed by atoms with van der Waals surface area (Å²) in [5.41, 5.74) is 10.9. The van der Waals surface area contributed by atoms with E-state index in [0.717, 1.165) is 28.1 Å². The topological polar surface area (TPSA) is 58.9 Å². The first-order valence-corrected chi connectivity index (χ1v) is 7.46. The second kappa shape index (κ2) is 6.36. The van der Waals surface area contributed by atoms with Crippen molar-refractivity contribution in [2.75, 3.05) is 0 Å². The highest BCUT2D eigenvalue weighted by atomic mass is 16.1. The van der Waals surface area contributed by atoms with Crippen molar-refractivity contribution in [3.63, 3.8) is 0 Å². The van der Waals surface area contributed by atoms with Crippen molar-refractivity contribution < 1.29 is 4.79 Å². The number of hydrogen-bond donors (Lipinski definition) is 2. The molecule has 3 rings (SSSR count). The van der Waals surface area contributed by atoms with E-state index in [2.05, 4.69) is 35.3 Å². The van der Waals surface area contributed by atoms with Gasteiger partial charge in [0.2, 0.25) is 0 Å². The fourth-order valence-corrected chi connectivity index (χ4v) is 2.54. The predicted molar refractivity (Wildman–Crippen MR) is 94.9 cm³/mol. The van der Waals surface area contributed by atoms with Crippen LogP contribution in [0.4, 0.5) is 0 Å². The molecule has 3 heteroatoms. The molecule has 3 N–H and O–H groups in total. The van der Waals surface area contributed by atoms with Crippen molar-refractivity contribution in [3.8, 4) is 11.3 Å². The quantitative estimate of drug-likeness (QED) is 0.695. The summed E-state index contributed by atoms with van der Waals surface area (Å²) in [5.74, 6) is -0.412. The Hall–Kier alpha value is -3.07. The van der Waals surface area contributed by atoms with Crippen LogP contribution in [0.1, 0.15) is 27.2 Å². The molecule has 1 heterocycles. The number of amides is 1. The standard InChI is InChI=1S/C20H18N2O/c1-14-18(20(21)23)13-19(22-14)17-9-5-8-16(12-17)11-10-15-6-3-2-4-7-15/h2-13,22H,1H3,(H2,21,23)/b11-10+. The Bertz CT molecular complexity index is 860. The van der Waals surface area contributed by atoms with Crippen LogP contribution in [-0.2, 0) is 0 Å². The smallest absolute Gasteiger partial charge is 0.250 e. The molecular formula is C20H18N2O. The molecule has 3 nitrogen and oxygen atoms in total. The number of nitrogens with one attached hydrogen (secondary N) is 1. The third-order valence-electron chi connectivity index (χ3n) is 3.75. The second-order valence-electron chi connectivity index (χ2n) is 5.46. The molecule has 0 aliphatic rings. The number of nitrogens with two attached hydrogens (primary N) is 1. The largest absolute Gasteiger partial charge is 0.366 e. The number of carbonyl (C=O) groups is 1. The first-order chi connectivity index (χ1) is 11.1. The Balaban J connectivity index is 1.90. The van der Waals surface area contributed by atoms with E-state index in [1.54, 1.807) is 6.07 Å². The van der Waals surface area contributed by atoms with Gasteiger partial charge in [-0.05, 0) is 35.7 Å². The van der Waals surface area contributed by atoms with Crippen LogP contribution in [0.25, 0.3) is 23.4 Å². The van der Waals surface area contributed by atoms with Crippen LogP contribution in [0.15, 0.2) is 60.7 Å². The Morgan fingerprint density at radius 3 is 2.35 bits per heavy atom. The van der Waals surface area contributed by atoms with Crippen LogP contribution < -0.4 is 5.73 Å². The molecule has 0 unspecified atom stereocenters. The van der Waals surface area contributed by atoms with E-state index < -0.39 is 5.91 Å². The third kappa shape index (κ3) is 3.40. The van der Waals surface area contributed by atoms with Gasteiger partial charge < -0.3 is 10.7 Å². The molecule has 2 aromatic carbocycles. The van der Waals surface area contributed by atoms with Crippen molar-refractivity contribution in [2.45, 2.75) is 6.92 Å². The predicted octanol–water partition coefficient (Wildman–Crippen LogP) is 4.26. The maximum absolute atomic E-state index is 11.4. The molecule has 0 aliphatic heterocycles. The van der Waals surface area contributed by atoms with Crippen molar-refractivity contribution in [1.82, 2.24) is 4.98 Å². The van der Waals surface area contributed by atoms with Gasteiger partial charge in [0.05, 0.1) is 5.56 Å². The normalized spacial score (nSPS) is 11.0. The maximum atomic E-state index is 11.4. The van der Waals surface area contributed by atoms with Gasteiger partial charge in [-0.3, -0.25) is 4.79 Å². The molecule has 0 saturated carbocycles. The van der Waals surface area contributed by atoms with Crippen LogP contribution in [0, 0.1) is 6.92 Å². The molecule has 114 valence electrons. The molecule has 0 radical (unpaired) electrons. The van der Waals surface area contributed by atoms with Gasteiger partial charge in [-0.25, -0.2) is 0 Å². The highest BCUT2D eigenvalue weighted by Crippen LogP contribution is 2.23. The fourth-order valence-electron chi connectivity index (χ4n) is 2.54. The van der Waals surface area contributed by atoms with Gasteiger partial charge >= 0.3 is 0 Å². The van der Waals surface area contributed by atoms with Gasteiger partial charge in [0, 0.05) is 11.4 Å². The monoisotopic (exact) mass is 302 g/mol. The van der Waals surface area contributed by atoms with E-state index in [1.165, 1.54) is 0 Å². The number of aryl methyl sites for hydroxylation is 1. The summed E-state index contributed by atoms with van der Waals surface area (Å²) in [6, 6.07) is 20.1. The highest BCUT2D eigenvalue weighted by molar-refractivity contribution is 5.95. The lowest BCUT2D eigenvalue weighted by atomic mass is 10.1. The number of H-pyrrole nitrogens is 1. The number of primary amides is 1. The van der Waals surface area contributed by atoms with E-state index in [4.69, 9.17) is 5.73 Å². The molecule has 0 bridgehead atoms. The SMILES string of the molecule is Cc1[nH]c(-c2cccc(/C=C/c3ccccc3)c2)cc1C(N)=O. The van der Waals surface area contributed by atoms with Crippen LogP contribution in [0.3, 0.4) is 0 Å². The fraction of sp³-hybridized carbons (Fsp3) is 0.0500. The van der Waals surface area contributed by atoms with E-state index >= 15 is 0 Å². The number of benzene rings is 2. The molecule has 0 atom stereocenters. The summed E-state index contributed by atoms with van der Waals surface area (Å²) in [6.07, 6.45) is 4.15. The minimum Gasteiger partial charge on any atom is -0.366 e. The number of hydrogen-bond acceptors (Lipinski definition) is 1. The van der Waals surface area contributed by atoms with Gasteiger partial charge in [0.25, 0.3) is 5.91 Å². The Morgan fingerprint density at radius 1 is 0.957 bits per heavy atom. The third-order valence-corrected chi connectivity index (χ3v) is 3.75. The summed E-state index contributed by atoms with van der Waals surface area (Å²) in [6.45, 7) is 1.85. The van der Waals surface area contributed by atoms with Crippen LogP contribution >= 0.6 is 0 Å². The average Bonchev–Trinajstić information content (AvgIpc) is 2.96. The molecule has 3 aromatic rings. The van der Waals surface area contributed by atoms with Crippen molar-refractivity contribution in [3.05, 3.63) is 83.0 Å². The van der Waals surface area contributed by atoms with Gasteiger partial charge in [-0.2, -0.15) is 0 Å². The number of aromatic nitrogens is 1. The lowest BCUT2D eigenvalue weighted by molar-refractivity contribution is 0.1000. The van der Waals surface area contributed by atoms with Gasteiger partial charge in [0.15, 0.2) is 0 Å². The van der Waals surface area contributed by atoms with E-state index in [1.807, 2.05) is 43.3 Å². The van der Waals surface area contributed by atoms with Crippen LogP contribution in [0.5, 0.6) is 0 Å². The van der Waals surface area contributed by atoms with Crippen molar-refractivity contribution in [2.24, 2.45) is 5.73 Å². The maximum Gasteiger partial charge on any atom is 0.250 e. The summed E-state index contributed by atoms with van der Waals surface area (Å²) >= 11 is 0. The van der Waals surface area contributed by atoms with Gasteiger partial charge in [-0.1, -0.05) is 60.7 Å². The molecular weight excluding hydrogens is 284 g/mol. The van der Waals surface area contributed by atoms with Crippen LogP contribution in [-0.4, -0.2) is 10.9 Å². The number of carbonyl (C=O) groups excluding carboxylic acids is 1. The zero-order valence-corrected chi connectivity index (χ0v) is 12.9. The molecule has 0 spiro atoms. The zero-order valence-electron chi connectivity index (χ0n) is 12.9. The van der Waals surface area contributed by atoms with Crippen molar-refractivity contribution >= 4 is 18.1 Å². The Morgan fingerprint density at radius 2 is 1.65 bits per heavy atom. The van der Waals surface area contributed by atoms with E-state index in [9.17, 15) is 4.79 Å². The zero-order chi connectivity index (χ0) is 16.2. The van der Waals surface area contributed by atoms with Gasteiger partial charge in [-0.15, -0.1) is 0 Å². The molecule has 0 saturated heterocycles. The van der Waals surface area contributed by atoms with E-state index in [-0.39, 0.29) is 0 Å². The summed E-state index contributed by atoms with van der Waals surface area (Å²) in [7, 11) is 0. The Kier molecular flexibility index (Phi) is 4.11. The lowest BCUT2D eigenvalue weighted by Crippen LogP contribution is -2.10. The molecule has 0 aliphatic carbocycles. The molecule has 1 amide bonds. The van der Waals surface area contributed by atoms with E-state index in [0.29, 0.717) is 5.56 Å². The molecule has 23 heavy (non-hydrogen) atoms.